The molecule has 0 atom stereocenters. The lowest BCUT2D eigenvalue weighted by molar-refractivity contribution is 1.25. The van der Waals surface area contributed by atoms with E-state index in [9.17, 15) is 0 Å². The standard InChI is InChI=1S/C14H19ISi/c1-10-9-13(7-8-16(4,5)6)11(2)12(3)14(10)15/h9H,1-6H3. The molecule has 0 aliphatic heterocycles. The third-order valence-corrected chi connectivity index (χ3v) is 5.11. The van der Waals surface area contributed by atoms with Crippen molar-refractivity contribution in [1.29, 1.82) is 0 Å². The smallest absolute Gasteiger partial charge is 0.127 e. The van der Waals surface area contributed by atoms with Crippen LogP contribution >= 0.6 is 22.6 Å². The Hall–Kier alpha value is -0.273. The van der Waals surface area contributed by atoms with E-state index in [0.29, 0.717) is 0 Å². The van der Waals surface area contributed by atoms with Crippen LogP contribution in [0.4, 0.5) is 0 Å². The molecule has 1 aromatic carbocycles. The van der Waals surface area contributed by atoms with Crippen molar-refractivity contribution in [3.8, 4) is 11.5 Å². The van der Waals surface area contributed by atoms with Gasteiger partial charge in [0.25, 0.3) is 0 Å². The summed E-state index contributed by atoms with van der Waals surface area (Å²) in [5.74, 6) is 3.37. The number of rotatable bonds is 0. The average Bonchev–Trinajstić information content (AvgIpc) is 2.17. The third-order valence-electron chi connectivity index (χ3n) is 2.57. The van der Waals surface area contributed by atoms with E-state index in [4.69, 9.17) is 0 Å². The second kappa shape index (κ2) is 4.93. The summed E-state index contributed by atoms with van der Waals surface area (Å²) in [6.45, 7) is 13.4. The Morgan fingerprint density at radius 3 is 2.12 bits per heavy atom. The molecule has 0 saturated carbocycles. The van der Waals surface area contributed by atoms with Crippen LogP contribution in [0.1, 0.15) is 22.3 Å². The van der Waals surface area contributed by atoms with Crippen molar-refractivity contribution in [3.63, 3.8) is 0 Å². The van der Waals surface area contributed by atoms with Gasteiger partial charge in [-0.1, -0.05) is 25.6 Å². The highest BCUT2D eigenvalue weighted by Crippen LogP contribution is 2.22. The summed E-state index contributed by atoms with van der Waals surface area (Å²) in [5.41, 5.74) is 8.69. The lowest BCUT2D eigenvalue weighted by atomic mass is 10.0. The highest BCUT2D eigenvalue weighted by Gasteiger charge is 2.09. The molecule has 0 bridgehead atoms. The molecule has 0 nitrogen and oxygen atoms in total. The van der Waals surface area contributed by atoms with Crippen molar-refractivity contribution in [3.05, 3.63) is 31.9 Å². The normalized spacial score (nSPS) is 10.9. The van der Waals surface area contributed by atoms with E-state index in [2.05, 4.69) is 80.5 Å². The summed E-state index contributed by atoms with van der Waals surface area (Å²) in [7, 11) is -1.27. The first-order valence-electron chi connectivity index (χ1n) is 5.52. The summed E-state index contributed by atoms with van der Waals surface area (Å²) in [6, 6.07) is 2.22. The van der Waals surface area contributed by atoms with Crippen LogP contribution in [0.2, 0.25) is 19.6 Å². The van der Waals surface area contributed by atoms with Gasteiger partial charge >= 0.3 is 0 Å². The molecule has 2 heteroatoms. The van der Waals surface area contributed by atoms with Crippen LogP contribution in [0.5, 0.6) is 0 Å². The minimum absolute atomic E-state index is 1.21. The van der Waals surface area contributed by atoms with Gasteiger partial charge in [-0.2, -0.15) is 0 Å². The molecule has 0 aromatic heterocycles. The first-order chi connectivity index (χ1) is 7.22. The van der Waals surface area contributed by atoms with Crippen molar-refractivity contribution in [2.45, 2.75) is 40.4 Å². The van der Waals surface area contributed by atoms with Gasteiger partial charge in [0.15, 0.2) is 0 Å². The average molecular weight is 342 g/mol. The lowest BCUT2D eigenvalue weighted by Crippen LogP contribution is -2.16. The largest absolute Gasteiger partial charge is 0.129 e. The highest BCUT2D eigenvalue weighted by atomic mass is 127. The first-order valence-corrected chi connectivity index (χ1v) is 10.1. The molecular formula is C14H19ISi. The quantitative estimate of drug-likeness (QED) is 0.371. The molecule has 0 aliphatic carbocycles. The van der Waals surface area contributed by atoms with Gasteiger partial charge in [0.1, 0.15) is 8.07 Å². The molecule has 0 amide bonds. The Labute approximate surface area is 114 Å². The fourth-order valence-corrected chi connectivity index (χ4v) is 2.51. The summed E-state index contributed by atoms with van der Waals surface area (Å²) < 4.78 is 1.37. The second-order valence-corrected chi connectivity index (χ2v) is 11.1. The summed E-state index contributed by atoms with van der Waals surface area (Å²) in [6.07, 6.45) is 0. The number of halogens is 1. The SMILES string of the molecule is Cc1cc(C#C[Si](C)(C)C)c(C)c(C)c1I. The van der Waals surface area contributed by atoms with Crippen LogP contribution < -0.4 is 0 Å². The topological polar surface area (TPSA) is 0 Å². The van der Waals surface area contributed by atoms with Crippen molar-refractivity contribution >= 4 is 30.7 Å². The van der Waals surface area contributed by atoms with Gasteiger partial charge in [0.2, 0.25) is 0 Å². The minimum atomic E-state index is -1.27. The molecule has 0 aliphatic rings. The van der Waals surface area contributed by atoms with E-state index >= 15 is 0 Å². The maximum atomic E-state index is 3.44. The summed E-state index contributed by atoms with van der Waals surface area (Å²) >= 11 is 2.42. The molecule has 0 N–H and O–H groups in total. The maximum Gasteiger partial charge on any atom is 0.129 e. The molecule has 1 rings (SSSR count). The van der Waals surface area contributed by atoms with Gasteiger partial charge in [-0.15, -0.1) is 5.54 Å². The fourth-order valence-electron chi connectivity index (χ4n) is 1.44. The van der Waals surface area contributed by atoms with E-state index in [1.54, 1.807) is 0 Å². The molecule has 0 radical (unpaired) electrons. The minimum Gasteiger partial charge on any atom is -0.127 e. The molecule has 86 valence electrons. The molecule has 16 heavy (non-hydrogen) atoms. The third kappa shape index (κ3) is 3.36. The predicted molar refractivity (Wildman–Crippen MR) is 83.6 cm³/mol. The van der Waals surface area contributed by atoms with Crippen molar-refractivity contribution in [2.75, 3.05) is 0 Å². The van der Waals surface area contributed by atoms with Gasteiger partial charge in [-0.25, -0.2) is 0 Å². The zero-order chi connectivity index (χ0) is 12.5. The van der Waals surface area contributed by atoms with E-state index in [1.807, 2.05) is 0 Å². The lowest BCUT2D eigenvalue weighted by Gasteiger charge is -2.10. The van der Waals surface area contributed by atoms with Crippen LogP contribution in [0, 0.1) is 35.8 Å². The monoisotopic (exact) mass is 342 g/mol. The Morgan fingerprint density at radius 2 is 1.62 bits per heavy atom. The van der Waals surface area contributed by atoms with Crippen molar-refractivity contribution in [2.24, 2.45) is 0 Å². The number of aryl methyl sites for hydroxylation is 1. The predicted octanol–water partition coefficient (Wildman–Crippen LogP) is 4.45. The van der Waals surface area contributed by atoms with Gasteiger partial charge < -0.3 is 0 Å². The van der Waals surface area contributed by atoms with Crippen LogP contribution in [0.25, 0.3) is 0 Å². The zero-order valence-electron chi connectivity index (χ0n) is 11.0. The number of hydrogen-bond donors (Lipinski definition) is 0. The molecule has 1 aromatic rings. The molecule has 0 unspecified atom stereocenters. The Morgan fingerprint density at radius 1 is 1.06 bits per heavy atom. The Kier molecular flexibility index (Phi) is 4.25. The molecule has 0 saturated heterocycles. The van der Waals surface area contributed by atoms with Crippen LogP contribution in [-0.4, -0.2) is 8.07 Å². The summed E-state index contributed by atoms with van der Waals surface area (Å²) in [4.78, 5) is 0. The summed E-state index contributed by atoms with van der Waals surface area (Å²) in [5, 5.41) is 0. The molecule has 0 heterocycles. The Balaban J connectivity index is 3.31. The van der Waals surface area contributed by atoms with E-state index in [0.717, 1.165) is 0 Å². The van der Waals surface area contributed by atoms with Crippen LogP contribution in [0.15, 0.2) is 6.07 Å². The van der Waals surface area contributed by atoms with Crippen molar-refractivity contribution in [1.82, 2.24) is 0 Å². The fraction of sp³-hybridized carbons (Fsp3) is 0.429. The van der Waals surface area contributed by atoms with E-state index in [-0.39, 0.29) is 0 Å². The van der Waals surface area contributed by atoms with Gasteiger partial charge in [-0.3, -0.25) is 0 Å². The van der Waals surface area contributed by atoms with Crippen molar-refractivity contribution < 1.29 is 0 Å². The van der Waals surface area contributed by atoms with Gasteiger partial charge in [0, 0.05) is 9.13 Å². The second-order valence-electron chi connectivity index (χ2n) is 5.31. The zero-order valence-corrected chi connectivity index (χ0v) is 14.1. The highest BCUT2D eigenvalue weighted by molar-refractivity contribution is 14.1. The van der Waals surface area contributed by atoms with E-state index < -0.39 is 8.07 Å². The Bertz CT molecular complexity index is 470. The van der Waals surface area contributed by atoms with Gasteiger partial charge in [0.05, 0.1) is 0 Å². The molecule has 0 spiro atoms. The maximum absolute atomic E-state index is 3.44. The van der Waals surface area contributed by atoms with Gasteiger partial charge in [-0.05, 0) is 66.1 Å². The van der Waals surface area contributed by atoms with E-state index in [1.165, 1.54) is 25.8 Å². The molecule has 0 fully saturated rings. The van der Waals surface area contributed by atoms with Crippen LogP contribution in [-0.2, 0) is 0 Å². The number of hydrogen-bond acceptors (Lipinski definition) is 0. The van der Waals surface area contributed by atoms with Crippen LogP contribution in [0.3, 0.4) is 0 Å². The first kappa shape index (κ1) is 13.8. The molecular weight excluding hydrogens is 323 g/mol. The number of benzene rings is 1.